The highest BCUT2D eigenvalue weighted by Crippen LogP contribution is 2.39. The van der Waals surface area contributed by atoms with Crippen molar-refractivity contribution in [2.75, 3.05) is 28.1 Å². The maximum Gasteiger partial charge on any atom is 0.261 e. The predicted molar refractivity (Wildman–Crippen MR) is 134 cm³/mol. The van der Waals surface area contributed by atoms with E-state index in [1.807, 2.05) is 27.7 Å². The van der Waals surface area contributed by atoms with Crippen LogP contribution in [0, 0.1) is 25.2 Å². The third kappa shape index (κ3) is 5.35. The Labute approximate surface area is 201 Å². The maximum absolute atomic E-state index is 13.2. The molecule has 2 aromatic rings. The number of carbonyl (C=O) groups excluding carboxylic acids is 2. The van der Waals surface area contributed by atoms with Crippen LogP contribution in [0.15, 0.2) is 35.2 Å². The summed E-state index contributed by atoms with van der Waals surface area (Å²) >= 11 is 0. The topological polar surface area (TPSA) is 105 Å². The van der Waals surface area contributed by atoms with E-state index in [0.29, 0.717) is 40.5 Å². The Morgan fingerprint density at radius 3 is 2.32 bits per heavy atom. The van der Waals surface area contributed by atoms with Crippen molar-refractivity contribution >= 4 is 38.9 Å². The zero-order chi connectivity index (χ0) is 25.4. The van der Waals surface area contributed by atoms with Gasteiger partial charge in [-0.2, -0.15) is 0 Å². The molecule has 0 aromatic heterocycles. The monoisotopic (exact) mass is 487 g/mol. The molecule has 0 unspecified atom stereocenters. The number of anilines is 3. The molecule has 8 nitrogen and oxygen atoms in total. The van der Waals surface area contributed by atoms with Crippen LogP contribution in [0.25, 0.3) is 0 Å². The number of carbonyl (C=O) groups is 2. The highest BCUT2D eigenvalue weighted by atomic mass is 32.2. The van der Waals surface area contributed by atoms with E-state index in [-0.39, 0.29) is 29.2 Å². The van der Waals surface area contributed by atoms with E-state index in [2.05, 4.69) is 10.0 Å². The van der Waals surface area contributed by atoms with Crippen LogP contribution < -0.4 is 19.7 Å². The predicted octanol–water partition coefficient (Wildman–Crippen LogP) is 4.47. The van der Waals surface area contributed by atoms with Crippen molar-refractivity contribution in [3.8, 4) is 5.75 Å². The molecule has 0 aliphatic carbocycles. The first-order chi connectivity index (χ1) is 15.7. The number of sulfonamides is 1. The highest BCUT2D eigenvalue weighted by molar-refractivity contribution is 7.92. The molecular formula is C25H33N3O5S. The zero-order valence-corrected chi connectivity index (χ0v) is 21.6. The molecule has 0 saturated heterocycles. The Hall–Kier alpha value is -3.07. The van der Waals surface area contributed by atoms with E-state index >= 15 is 0 Å². The molecule has 2 N–H and O–H groups in total. The second-order valence-corrected chi connectivity index (χ2v) is 11.6. The second-order valence-electron chi connectivity index (χ2n) is 9.88. The maximum atomic E-state index is 13.2. The van der Waals surface area contributed by atoms with Crippen LogP contribution in [0.3, 0.4) is 0 Å². The minimum atomic E-state index is -3.92. The number of hydrogen-bond donors (Lipinski definition) is 2. The first-order valence-electron chi connectivity index (χ1n) is 11.2. The summed E-state index contributed by atoms with van der Waals surface area (Å²) in [6, 6.07) is 7.98. The quantitative estimate of drug-likeness (QED) is 0.626. The minimum Gasteiger partial charge on any atom is -0.490 e. The van der Waals surface area contributed by atoms with Gasteiger partial charge in [0.1, 0.15) is 12.4 Å². The minimum absolute atomic E-state index is 0.0697. The molecular weight excluding hydrogens is 454 g/mol. The molecule has 184 valence electrons. The van der Waals surface area contributed by atoms with Crippen LogP contribution in [0.5, 0.6) is 5.75 Å². The molecule has 0 saturated carbocycles. The van der Waals surface area contributed by atoms with Gasteiger partial charge in [0.25, 0.3) is 10.0 Å². The third-order valence-corrected chi connectivity index (χ3v) is 6.94. The van der Waals surface area contributed by atoms with Gasteiger partial charge >= 0.3 is 0 Å². The molecule has 2 aromatic carbocycles. The van der Waals surface area contributed by atoms with E-state index in [9.17, 15) is 18.0 Å². The highest BCUT2D eigenvalue weighted by Gasteiger charge is 2.38. The molecule has 0 radical (unpaired) electrons. The second kappa shape index (κ2) is 9.29. The van der Waals surface area contributed by atoms with Crippen molar-refractivity contribution in [3.05, 3.63) is 41.5 Å². The summed E-state index contributed by atoms with van der Waals surface area (Å²) in [5.74, 6) is 0.448. The smallest absolute Gasteiger partial charge is 0.261 e. The number of nitrogens with zero attached hydrogens (tertiary/aromatic N) is 1. The van der Waals surface area contributed by atoms with Gasteiger partial charge < -0.3 is 15.0 Å². The summed E-state index contributed by atoms with van der Waals surface area (Å²) in [7, 11) is -3.92. The van der Waals surface area contributed by atoms with Crippen LogP contribution in [0.2, 0.25) is 0 Å². The summed E-state index contributed by atoms with van der Waals surface area (Å²) < 4.78 is 34.9. The number of aryl methyl sites for hydroxylation is 2. The van der Waals surface area contributed by atoms with Crippen LogP contribution in [0.4, 0.5) is 17.1 Å². The summed E-state index contributed by atoms with van der Waals surface area (Å²) in [4.78, 5) is 26.5. The summed E-state index contributed by atoms with van der Waals surface area (Å²) in [5.41, 5.74) is 2.03. The number of fused-ring (bicyclic) bond motifs is 1. The molecule has 3 rings (SSSR count). The molecule has 0 spiro atoms. The first kappa shape index (κ1) is 25.6. The molecule has 1 aliphatic heterocycles. The Kier molecular flexibility index (Phi) is 6.98. The van der Waals surface area contributed by atoms with Crippen molar-refractivity contribution in [3.63, 3.8) is 0 Å². The Balaban J connectivity index is 1.99. The lowest BCUT2D eigenvalue weighted by atomic mass is 9.92. The Bertz CT molecular complexity index is 1210. The average Bonchev–Trinajstić information content (AvgIpc) is 2.80. The Morgan fingerprint density at radius 2 is 1.76 bits per heavy atom. The van der Waals surface area contributed by atoms with Gasteiger partial charge in [-0.15, -0.1) is 0 Å². The summed E-state index contributed by atoms with van der Waals surface area (Å²) in [6.45, 7) is 13.3. The molecule has 0 bridgehead atoms. The van der Waals surface area contributed by atoms with Gasteiger partial charge in [-0.3, -0.25) is 14.3 Å². The number of hydrogen-bond acceptors (Lipinski definition) is 5. The van der Waals surface area contributed by atoms with Gasteiger partial charge in [-0.1, -0.05) is 13.8 Å². The normalized spacial score (nSPS) is 15.4. The van der Waals surface area contributed by atoms with Crippen LogP contribution in [-0.4, -0.2) is 33.4 Å². The van der Waals surface area contributed by atoms with Crippen molar-refractivity contribution in [2.45, 2.75) is 53.4 Å². The SMILES string of the molecule is CC(=O)Nc1c(C)cc(S(=O)(=O)Nc2ccc3c(c2)N(CC(C)C)C(=O)C(C)(C)CO3)cc1C. The van der Waals surface area contributed by atoms with E-state index in [0.717, 1.165) is 0 Å². The van der Waals surface area contributed by atoms with Crippen LogP contribution in [-0.2, 0) is 19.6 Å². The molecule has 0 atom stereocenters. The van der Waals surface area contributed by atoms with Gasteiger partial charge in [0.05, 0.1) is 21.7 Å². The molecule has 1 heterocycles. The fourth-order valence-corrected chi connectivity index (χ4v) is 5.14. The van der Waals surface area contributed by atoms with Crippen molar-refractivity contribution in [1.82, 2.24) is 0 Å². The number of nitrogens with one attached hydrogen (secondary N) is 2. The molecule has 34 heavy (non-hydrogen) atoms. The van der Waals surface area contributed by atoms with Gasteiger partial charge in [0.15, 0.2) is 0 Å². The number of rotatable bonds is 6. The molecule has 2 amide bonds. The molecule has 0 fully saturated rings. The fourth-order valence-electron chi connectivity index (χ4n) is 3.92. The van der Waals surface area contributed by atoms with E-state index < -0.39 is 15.4 Å². The van der Waals surface area contributed by atoms with E-state index in [1.165, 1.54) is 19.1 Å². The van der Waals surface area contributed by atoms with Gasteiger partial charge in [0, 0.05) is 19.2 Å². The largest absolute Gasteiger partial charge is 0.490 e. The van der Waals surface area contributed by atoms with Crippen molar-refractivity contribution < 1.29 is 22.7 Å². The zero-order valence-electron chi connectivity index (χ0n) is 20.8. The third-order valence-electron chi connectivity index (χ3n) is 5.58. The van der Waals surface area contributed by atoms with Crippen molar-refractivity contribution in [2.24, 2.45) is 11.3 Å². The lowest BCUT2D eigenvalue weighted by Gasteiger charge is -2.29. The summed E-state index contributed by atoms with van der Waals surface area (Å²) in [6.07, 6.45) is 0. The van der Waals surface area contributed by atoms with Crippen LogP contribution >= 0.6 is 0 Å². The van der Waals surface area contributed by atoms with E-state index in [4.69, 9.17) is 4.74 Å². The number of ether oxygens (including phenoxy) is 1. The fraction of sp³-hybridized carbons (Fsp3) is 0.440. The van der Waals surface area contributed by atoms with Gasteiger partial charge in [-0.05, 0) is 75.1 Å². The van der Waals surface area contributed by atoms with Gasteiger partial charge in [0.2, 0.25) is 11.8 Å². The lowest BCUT2D eigenvalue weighted by molar-refractivity contribution is -0.127. The first-order valence-corrected chi connectivity index (χ1v) is 12.7. The molecule has 9 heteroatoms. The average molecular weight is 488 g/mol. The molecule has 1 aliphatic rings. The van der Waals surface area contributed by atoms with Gasteiger partial charge in [-0.25, -0.2) is 8.42 Å². The van der Waals surface area contributed by atoms with E-state index in [1.54, 1.807) is 36.9 Å². The van der Waals surface area contributed by atoms with Crippen molar-refractivity contribution in [1.29, 1.82) is 0 Å². The Morgan fingerprint density at radius 1 is 1.15 bits per heavy atom. The number of amides is 2. The lowest BCUT2D eigenvalue weighted by Crippen LogP contribution is -2.43. The van der Waals surface area contributed by atoms with Crippen LogP contribution in [0.1, 0.15) is 45.7 Å². The standard InChI is InChI=1S/C25H33N3O5S/c1-15(2)13-28-21-12-19(8-9-22(21)33-14-25(6,7)24(28)30)27-34(31,32)20-10-16(3)23(17(4)11-20)26-18(5)29/h8-12,15,27H,13-14H2,1-7H3,(H,26,29). The summed E-state index contributed by atoms with van der Waals surface area (Å²) in [5, 5.41) is 2.74. The number of benzene rings is 2.